The quantitative estimate of drug-likeness (QED) is 0.245. The fraction of sp³-hybridized carbons (Fsp3) is 0.212. The summed E-state index contributed by atoms with van der Waals surface area (Å²) in [6, 6.07) is 11.4. The van der Waals surface area contributed by atoms with Crippen molar-refractivity contribution in [3.63, 3.8) is 0 Å². The number of methoxy groups -OCH3 is 1. The van der Waals surface area contributed by atoms with Crippen molar-refractivity contribution in [2.45, 2.75) is 32.5 Å². The summed E-state index contributed by atoms with van der Waals surface area (Å²) in [5.74, 6) is -1.68. The Kier molecular flexibility index (Phi) is 6.77. The molecule has 0 radical (unpaired) electrons. The lowest BCUT2D eigenvalue weighted by Crippen LogP contribution is -2.40. The standard InChI is InChI=1S/C33H27F2N5O3S/c1-4-28(42)39-8-9-40-25(17(39)2)15-24(38-40)32-30(29-23(35)13-21(34)14-26(29)43-3)33-22(7-10-44-33)31(37-32)19-6-5-18-12-27(41)36-16-20(18)11-19/h4-7,10-11,13-15,17H,1,8-9,12,16H2,2-3H3,(H,36,41)/t17-/m1/s1. The number of nitrogens with one attached hydrogen (secondary N) is 1. The van der Waals surface area contributed by atoms with Crippen molar-refractivity contribution >= 4 is 33.2 Å². The molecule has 3 aromatic heterocycles. The van der Waals surface area contributed by atoms with Crippen molar-refractivity contribution in [3.8, 4) is 39.5 Å². The van der Waals surface area contributed by atoms with Crippen LogP contribution in [0.25, 0.3) is 43.9 Å². The third-order valence-electron chi connectivity index (χ3n) is 8.36. The van der Waals surface area contributed by atoms with E-state index >= 15 is 4.39 Å². The van der Waals surface area contributed by atoms with Crippen LogP contribution in [0.4, 0.5) is 8.78 Å². The highest BCUT2D eigenvalue weighted by Gasteiger charge is 2.31. The number of carbonyl (C=O) groups is 2. The van der Waals surface area contributed by atoms with Crippen LogP contribution >= 0.6 is 11.3 Å². The molecule has 0 saturated heterocycles. The Morgan fingerprint density at radius 1 is 1.11 bits per heavy atom. The topological polar surface area (TPSA) is 89.4 Å². The lowest BCUT2D eigenvalue weighted by molar-refractivity contribution is -0.129. The van der Waals surface area contributed by atoms with Gasteiger partial charge in [-0.25, -0.2) is 13.8 Å². The molecule has 11 heteroatoms. The second-order valence-corrected chi connectivity index (χ2v) is 11.8. The summed E-state index contributed by atoms with van der Waals surface area (Å²) in [4.78, 5) is 31.4. The molecule has 2 aromatic carbocycles. The molecule has 2 amide bonds. The largest absolute Gasteiger partial charge is 0.496 e. The maximum Gasteiger partial charge on any atom is 0.246 e. The molecule has 44 heavy (non-hydrogen) atoms. The minimum absolute atomic E-state index is 0.0168. The van der Waals surface area contributed by atoms with Gasteiger partial charge in [0.25, 0.3) is 0 Å². The van der Waals surface area contributed by atoms with E-state index in [-0.39, 0.29) is 29.2 Å². The van der Waals surface area contributed by atoms with Crippen LogP contribution in [-0.4, -0.2) is 45.1 Å². The van der Waals surface area contributed by atoms with Crippen molar-refractivity contribution < 1.29 is 23.1 Å². The number of ether oxygens (including phenoxy) is 1. The number of amides is 2. The normalized spacial score (nSPS) is 16.0. The Bertz CT molecular complexity index is 2020. The summed E-state index contributed by atoms with van der Waals surface area (Å²) >= 11 is 1.42. The van der Waals surface area contributed by atoms with E-state index in [1.165, 1.54) is 24.5 Å². The average molecular weight is 612 g/mol. The Morgan fingerprint density at radius 2 is 1.95 bits per heavy atom. The third-order valence-corrected chi connectivity index (χ3v) is 9.29. The van der Waals surface area contributed by atoms with Gasteiger partial charge in [0.05, 0.1) is 43.1 Å². The van der Waals surface area contributed by atoms with Gasteiger partial charge >= 0.3 is 0 Å². The SMILES string of the molecule is C=CC(=O)N1CCn2nc(-c3nc(-c4ccc5c(c4)CNC(=O)C5)c4ccsc4c3-c3c(F)cc(F)cc3OC)cc2[C@H]1C. The smallest absolute Gasteiger partial charge is 0.246 e. The van der Waals surface area contributed by atoms with Gasteiger partial charge in [-0.1, -0.05) is 18.7 Å². The number of carbonyl (C=O) groups excluding carboxylic acids is 2. The van der Waals surface area contributed by atoms with Gasteiger partial charge in [-0.15, -0.1) is 11.3 Å². The predicted molar refractivity (Wildman–Crippen MR) is 164 cm³/mol. The molecule has 5 heterocycles. The van der Waals surface area contributed by atoms with Crippen LogP contribution in [0.2, 0.25) is 0 Å². The first-order valence-corrected chi connectivity index (χ1v) is 15.0. The summed E-state index contributed by atoms with van der Waals surface area (Å²) < 4.78 is 38.2. The molecule has 1 atom stereocenters. The summed E-state index contributed by atoms with van der Waals surface area (Å²) in [5, 5.41) is 10.5. The summed E-state index contributed by atoms with van der Waals surface area (Å²) in [6.45, 7) is 6.90. The molecular weight excluding hydrogens is 584 g/mol. The van der Waals surface area contributed by atoms with Crippen LogP contribution < -0.4 is 10.1 Å². The van der Waals surface area contributed by atoms with E-state index in [9.17, 15) is 14.0 Å². The number of benzene rings is 2. The molecule has 5 aromatic rings. The highest BCUT2D eigenvalue weighted by atomic mass is 32.1. The molecule has 0 unspecified atom stereocenters. The highest BCUT2D eigenvalue weighted by Crippen LogP contribution is 2.47. The van der Waals surface area contributed by atoms with Crippen LogP contribution in [-0.2, 0) is 29.1 Å². The van der Waals surface area contributed by atoms with E-state index in [2.05, 4.69) is 11.9 Å². The Labute approximate surface area is 255 Å². The minimum Gasteiger partial charge on any atom is -0.496 e. The number of aromatic nitrogens is 3. The molecule has 222 valence electrons. The summed E-state index contributed by atoms with van der Waals surface area (Å²) in [5.41, 5.74) is 5.70. The van der Waals surface area contributed by atoms with Crippen LogP contribution in [0.1, 0.15) is 29.8 Å². The number of nitrogens with zero attached hydrogens (tertiary/aromatic N) is 4. The number of fused-ring (bicyclic) bond motifs is 3. The Hall–Kier alpha value is -4.90. The molecular formula is C33H27F2N5O3S. The van der Waals surface area contributed by atoms with Gasteiger partial charge in [-0.05, 0) is 47.7 Å². The van der Waals surface area contributed by atoms with Gasteiger partial charge < -0.3 is 15.0 Å². The van der Waals surface area contributed by atoms with E-state index in [1.807, 2.05) is 47.3 Å². The molecule has 1 N–H and O–H groups in total. The molecule has 0 fully saturated rings. The zero-order valence-electron chi connectivity index (χ0n) is 24.0. The zero-order chi connectivity index (χ0) is 30.7. The summed E-state index contributed by atoms with van der Waals surface area (Å²) in [6.07, 6.45) is 1.61. The molecule has 7 rings (SSSR count). The highest BCUT2D eigenvalue weighted by molar-refractivity contribution is 7.18. The van der Waals surface area contributed by atoms with Gasteiger partial charge in [0.1, 0.15) is 28.8 Å². The van der Waals surface area contributed by atoms with E-state index in [0.717, 1.165) is 44.6 Å². The zero-order valence-corrected chi connectivity index (χ0v) is 24.8. The molecule has 8 nitrogen and oxygen atoms in total. The van der Waals surface area contributed by atoms with Gasteiger partial charge in [-0.3, -0.25) is 14.3 Å². The van der Waals surface area contributed by atoms with Gasteiger partial charge in [-0.2, -0.15) is 5.10 Å². The van der Waals surface area contributed by atoms with E-state index < -0.39 is 11.6 Å². The van der Waals surface area contributed by atoms with E-state index in [0.29, 0.717) is 48.7 Å². The lowest BCUT2D eigenvalue weighted by atomic mass is 9.93. The number of thiophene rings is 1. The first-order chi connectivity index (χ1) is 21.3. The van der Waals surface area contributed by atoms with Crippen LogP contribution in [0, 0.1) is 11.6 Å². The van der Waals surface area contributed by atoms with Gasteiger partial charge in [0.15, 0.2) is 0 Å². The predicted octanol–water partition coefficient (Wildman–Crippen LogP) is 6.04. The van der Waals surface area contributed by atoms with Gasteiger partial charge in [0.2, 0.25) is 11.8 Å². The number of halogens is 2. The maximum atomic E-state index is 15.8. The van der Waals surface area contributed by atoms with E-state index in [4.69, 9.17) is 14.8 Å². The van der Waals surface area contributed by atoms with Crippen LogP contribution in [0.3, 0.4) is 0 Å². The van der Waals surface area contributed by atoms with Crippen molar-refractivity contribution in [2.24, 2.45) is 0 Å². The first-order valence-electron chi connectivity index (χ1n) is 14.1. The fourth-order valence-corrected chi connectivity index (χ4v) is 7.14. The number of rotatable bonds is 5. The number of pyridine rings is 1. The molecule has 2 aliphatic rings. The van der Waals surface area contributed by atoms with Crippen molar-refractivity contribution in [1.29, 1.82) is 0 Å². The van der Waals surface area contributed by atoms with Gasteiger partial charge in [0, 0.05) is 46.4 Å². The van der Waals surface area contributed by atoms with Crippen LogP contribution in [0.15, 0.2) is 60.5 Å². The molecule has 0 saturated carbocycles. The second kappa shape index (κ2) is 10.7. The number of hydrogen-bond donors (Lipinski definition) is 1. The maximum absolute atomic E-state index is 15.8. The monoisotopic (exact) mass is 611 g/mol. The number of hydrogen-bond acceptors (Lipinski definition) is 6. The minimum atomic E-state index is -0.781. The Balaban J connectivity index is 1.50. The molecule has 0 bridgehead atoms. The first kappa shape index (κ1) is 27.9. The Morgan fingerprint density at radius 3 is 2.75 bits per heavy atom. The molecule has 0 spiro atoms. The second-order valence-electron chi connectivity index (χ2n) is 10.8. The summed E-state index contributed by atoms with van der Waals surface area (Å²) in [7, 11) is 1.37. The lowest BCUT2D eigenvalue weighted by Gasteiger charge is -2.33. The average Bonchev–Trinajstić information content (AvgIpc) is 3.68. The molecule has 0 aliphatic carbocycles. The fourth-order valence-electron chi connectivity index (χ4n) is 6.19. The molecule has 2 aliphatic heterocycles. The van der Waals surface area contributed by atoms with Crippen molar-refractivity contribution in [2.75, 3.05) is 13.7 Å². The third kappa shape index (κ3) is 4.46. The van der Waals surface area contributed by atoms with Crippen molar-refractivity contribution in [3.05, 3.63) is 89.0 Å². The van der Waals surface area contributed by atoms with Crippen molar-refractivity contribution in [1.82, 2.24) is 25.0 Å². The van der Waals surface area contributed by atoms with Crippen LogP contribution in [0.5, 0.6) is 5.75 Å². The van der Waals surface area contributed by atoms with E-state index in [1.54, 1.807) is 4.90 Å².